The van der Waals surface area contributed by atoms with Crippen molar-refractivity contribution in [3.05, 3.63) is 59.9 Å². The van der Waals surface area contributed by atoms with Gasteiger partial charge in [0, 0.05) is 30.2 Å². The summed E-state index contributed by atoms with van der Waals surface area (Å²) in [6.07, 6.45) is 5.42. The van der Waals surface area contributed by atoms with Gasteiger partial charge in [0.1, 0.15) is 12.4 Å². The van der Waals surface area contributed by atoms with Crippen LogP contribution in [0.4, 0.5) is 5.69 Å². The molecule has 21 heavy (non-hydrogen) atoms. The maximum Gasteiger partial charge on any atom is 0.126 e. The van der Waals surface area contributed by atoms with Crippen LogP contribution in [-0.2, 0) is 5.41 Å². The fourth-order valence-electron chi connectivity index (χ4n) is 3.27. The predicted molar refractivity (Wildman–Crippen MR) is 80.4 cm³/mol. The molecule has 1 spiro atoms. The minimum atomic E-state index is -0.280. The second kappa shape index (κ2) is 3.67. The van der Waals surface area contributed by atoms with Gasteiger partial charge in [0.15, 0.2) is 0 Å². The van der Waals surface area contributed by atoms with Crippen molar-refractivity contribution in [2.45, 2.75) is 5.41 Å². The Kier molecular flexibility index (Phi) is 1.91. The average Bonchev–Trinajstić information content (AvgIpc) is 3.09. The molecule has 0 radical (unpaired) electrons. The fourth-order valence-corrected chi connectivity index (χ4v) is 3.27. The van der Waals surface area contributed by atoms with Crippen molar-refractivity contribution in [1.29, 1.82) is 0 Å². The molecule has 3 heterocycles. The number of hydrogen-bond donors (Lipinski definition) is 0. The van der Waals surface area contributed by atoms with Crippen molar-refractivity contribution in [2.75, 3.05) is 6.61 Å². The Morgan fingerprint density at radius 2 is 1.76 bits per heavy atom. The Labute approximate surface area is 121 Å². The molecule has 1 unspecified atom stereocenters. The van der Waals surface area contributed by atoms with E-state index < -0.39 is 0 Å². The molecule has 0 saturated heterocycles. The van der Waals surface area contributed by atoms with Gasteiger partial charge in [-0.2, -0.15) is 0 Å². The average molecular weight is 273 g/mol. The number of ether oxygens (including phenoxy) is 1. The van der Waals surface area contributed by atoms with Gasteiger partial charge in [-0.15, -0.1) is 0 Å². The standard InChI is InChI=1S/C17H11N3O/c1-2-4-13-11(3-1)17(9-20-13)10-21-16-8-15-14(7-12(16)17)18-5-6-19-15/h1-9H,10H2. The largest absolute Gasteiger partial charge is 0.491 e. The molecule has 0 saturated carbocycles. The monoisotopic (exact) mass is 273 g/mol. The van der Waals surface area contributed by atoms with Gasteiger partial charge in [0.05, 0.1) is 22.1 Å². The Balaban J connectivity index is 1.82. The molecule has 4 heteroatoms. The zero-order valence-electron chi connectivity index (χ0n) is 11.2. The molecule has 3 aromatic rings. The molecule has 1 atom stereocenters. The second-order valence-electron chi connectivity index (χ2n) is 5.43. The smallest absolute Gasteiger partial charge is 0.126 e. The third-order valence-electron chi connectivity index (χ3n) is 4.32. The van der Waals surface area contributed by atoms with E-state index >= 15 is 0 Å². The van der Waals surface area contributed by atoms with Crippen molar-refractivity contribution in [3.8, 4) is 5.75 Å². The highest BCUT2D eigenvalue weighted by molar-refractivity contribution is 5.93. The number of fused-ring (bicyclic) bond motifs is 5. The Bertz CT molecular complexity index is 919. The third-order valence-corrected chi connectivity index (χ3v) is 4.32. The first kappa shape index (κ1) is 11.0. The number of benzene rings is 2. The van der Waals surface area contributed by atoms with Crippen molar-refractivity contribution in [1.82, 2.24) is 9.97 Å². The molecular formula is C17H11N3O. The first-order valence-corrected chi connectivity index (χ1v) is 6.90. The van der Waals surface area contributed by atoms with Gasteiger partial charge in [0.25, 0.3) is 0 Å². The minimum absolute atomic E-state index is 0.280. The summed E-state index contributed by atoms with van der Waals surface area (Å²) in [7, 11) is 0. The van der Waals surface area contributed by atoms with E-state index in [4.69, 9.17) is 4.74 Å². The molecule has 1 aromatic heterocycles. The van der Waals surface area contributed by atoms with E-state index in [1.807, 2.05) is 30.5 Å². The molecule has 2 aliphatic rings. The van der Waals surface area contributed by atoms with E-state index in [9.17, 15) is 0 Å². The molecular weight excluding hydrogens is 262 g/mol. The number of nitrogens with zero attached hydrogens (tertiary/aromatic N) is 3. The zero-order valence-corrected chi connectivity index (χ0v) is 11.2. The van der Waals surface area contributed by atoms with Gasteiger partial charge in [-0.05, 0) is 17.7 Å². The summed E-state index contributed by atoms with van der Waals surface area (Å²) in [5.41, 5.74) is 4.82. The molecule has 0 bridgehead atoms. The first-order chi connectivity index (χ1) is 10.4. The Morgan fingerprint density at radius 3 is 2.67 bits per heavy atom. The SMILES string of the molecule is C1=Nc2ccccc2C12COc1cc3nccnc3cc12. The summed E-state index contributed by atoms with van der Waals surface area (Å²) in [5.74, 6) is 0.881. The van der Waals surface area contributed by atoms with Crippen molar-refractivity contribution in [3.63, 3.8) is 0 Å². The molecule has 0 N–H and O–H groups in total. The summed E-state index contributed by atoms with van der Waals surface area (Å²) in [6, 6.07) is 12.3. The molecule has 2 aromatic carbocycles. The van der Waals surface area contributed by atoms with Crippen LogP contribution in [0, 0.1) is 0 Å². The van der Waals surface area contributed by atoms with E-state index in [1.54, 1.807) is 12.4 Å². The first-order valence-electron chi connectivity index (χ1n) is 6.90. The van der Waals surface area contributed by atoms with Crippen molar-refractivity contribution >= 4 is 22.9 Å². The summed E-state index contributed by atoms with van der Waals surface area (Å²) in [4.78, 5) is 13.3. The van der Waals surface area contributed by atoms with Crippen LogP contribution in [0.3, 0.4) is 0 Å². The summed E-state index contributed by atoms with van der Waals surface area (Å²) in [5, 5.41) is 0. The third kappa shape index (κ3) is 1.31. The quantitative estimate of drug-likeness (QED) is 0.632. The van der Waals surface area contributed by atoms with Gasteiger partial charge < -0.3 is 4.74 Å². The Hall–Kier alpha value is -2.75. The Morgan fingerprint density at radius 1 is 0.952 bits per heavy atom. The van der Waals surface area contributed by atoms with Gasteiger partial charge in [0.2, 0.25) is 0 Å². The molecule has 0 amide bonds. The highest BCUT2D eigenvalue weighted by Crippen LogP contribution is 2.49. The predicted octanol–water partition coefficient (Wildman–Crippen LogP) is 3.02. The van der Waals surface area contributed by atoms with Gasteiger partial charge >= 0.3 is 0 Å². The van der Waals surface area contributed by atoms with E-state index in [1.165, 1.54) is 5.56 Å². The molecule has 0 aliphatic carbocycles. The number of para-hydroxylation sites is 1. The number of aliphatic imine (C=N–C) groups is 1. The number of rotatable bonds is 0. The lowest BCUT2D eigenvalue weighted by Gasteiger charge is -2.20. The lowest BCUT2D eigenvalue weighted by Crippen LogP contribution is -2.28. The molecule has 2 aliphatic heterocycles. The maximum atomic E-state index is 5.94. The lowest BCUT2D eigenvalue weighted by molar-refractivity contribution is 0.328. The molecule has 100 valence electrons. The highest BCUT2D eigenvalue weighted by Gasteiger charge is 2.45. The van der Waals surface area contributed by atoms with Crippen LogP contribution in [0.25, 0.3) is 11.0 Å². The van der Waals surface area contributed by atoms with Crippen molar-refractivity contribution < 1.29 is 4.74 Å². The topological polar surface area (TPSA) is 47.4 Å². The van der Waals surface area contributed by atoms with Crippen LogP contribution in [-0.4, -0.2) is 22.8 Å². The van der Waals surface area contributed by atoms with Crippen LogP contribution in [0.5, 0.6) is 5.75 Å². The number of hydrogen-bond acceptors (Lipinski definition) is 4. The lowest BCUT2D eigenvalue weighted by atomic mass is 9.78. The van der Waals surface area contributed by atoms with Crippen molar-refractivity contribution in [2.24, 2.45) is 4.99 Å². The maximum absolute atomic E-state index is 5.94. The van der Waals surface area contributed by atoms with E-state index in [0.29, 0.717) is 6.61 Å². The van der Waals surface area contributed by atoms with E-state index in [2.05, 4.69) is 27.1 Å². The normalized spacial score (nSPS) is 21.5. The summed E-state index contributed by atoms with van der Waals surface area (Å²) < 4.78 is 5.94. The molecule has 4 nitrogen and oxygen atoms in total. The van der Waals surface area contributed by atoms with E-state index in [-0.39, 0.29) is 5.41 Å². The molecule has 5 rings (SSSR count). The fraction of sp³-hybridized carbons (Fsp3) is 0.118. The molecule has 0 fully saturated rings. The summed E-state index contributed by atoms with van der Waals surface area (Å²) in [6.45, 7) is 0.583. The highest BCUT2D eigenvalue weighted by atomic mass is 16.5. The van der Waals surface area contributed by atoms with Crippen LogP contribution in [0.1, 0.15) is 11.1 Å². The van der Waals surface area contributed by atoms with Crippen LogP contribution in [0.15, 0.2) is 53.8 Å². The van der Waals surface area contributed by atoms with Crippen LogP contribution >= 0.6 is 0 Å². The van der Waals surface area contributed by atoms with Gasteiger partial charge in [-0.25, -0.2) is 0 Å². The van der Waals surface area contributed by atoms with Crippen LogP contribution < -0.4 is 4.74 Å². The zero-order chi connectivity index (χ0) is 13.9. The van der Waals surface area contributed by atoms with Gasteiger partial charge in [-0.3, -0.25) is 15.0 Å². The van der Waals surface area contributed by atoms with E-state index in [0.717, 1.165) is 28.0 Å². The second-order valence-corrected chi connectivity index (χ2v) is 5.43. The minimum Gasteiger partial charge on any atom is -0.491 e. The summed E-state index contributed by atoms with van der Waals surface area (Å²) >= 11 is 0. The van der Waals surface area contributed by atoms with Crippen LogP contribution in [0.2, 0.25) is 0 Å². The van der Waals surface area contributed by atoms with Gasteiger partial charge in [-0.1, -0.05) is 18.2 Å². The number of aromatic nitrogens is 2.